The van der Waals surface area contributed by atoms with Gasteiger partial charge >= 0.3 is 0 Å². The maximum atomic E-state index is 13.8. The van der Waals surface area contributed by atoms with Crippen LogP contribution in [0.25, 0.3) is 0 Å². The highest BCUT2D eigenvalue weighted by molar-refractivity contribution is 7.98. The van der Waals surface area contributed by atoms with Gasteiger partial charge in [0.15, 0.2) is 5.16 Å². The third kappa shape index (κ3) is 5.26. The van der Waals surface area contributed by atoms with Crippen molar-refractivity contribution in [2.75, 3.05) is 0 Å². The molecule has 0 amide bonds. The maximum absolute atomic E-state index is 13.8. The molecule has 0 saturated heterocycles. The Balaban J connectivity index is 1.80. The molecule has 0 unspecified atom stereocenters. The smallest absolute Gasteiger partial charge is 0.223 e. The molecule has 3 rings (SSSR count). The van der Waals surface area contributed by atoms with Crippen molar-refractivity contribution < 1.29 is 13.5 Å². The summed E-state index contributed by atoms with van der Waals surface area (Å²) >= 11 is 1.29. The fourth-order valence-electron chi connectivity index (χ4n) is 2.64. The molecule has 6 heteroatoms. The van der Waals surface area contributed by atoms with Gasteiger partial charge in [-0.3, -0.25) is 0 Å². The van der Waals surface area contributed by atoms with Crippen LogP contribution in [0.5, 0.6) is 11.6 Å². The van der Waals surface area contributed by atoms with Crippen LogP contribution >= 0.6 is 11.8 Å². The third-order valence-corrected chi connectivity index (χ3v) is 4.78. The summed E-state index contributed by atoms with van der Waals surface area (Å²) in [7, 11) is 0. The molecule has 0 atom stereocenters. The first kappa shape index (κ1) is 19.3. The van der Waals surface area contributed by atoms with Gasteiger partial charge in [-0.15, -0.1) is 0 Å². The summed E-state index contributed by atoms with van der Waals surface area (Å²) in [4.78, 5) is 8.90. The number of hydrogen-bond donors (Lipinski definition) is 0. The van der Waals surface area contributed by atoms with Crippen LogP contribution in [0.3, 0.4) is 0 Å². The molecule has 0 aliphatic rings. The van der Waals surface area contributed by atoms with Crippen molar-refractivity contribution in [2.24, 2.45) is 0 Å². The topological polar surface area (TPSA) is 35.0 Å². The van der Waals surface area contributed by atoms with Crippen molar-refractivity contribution in [2.45, 2.75) is 38.1 Å². The van der Waals surface area contributed by atoms with Crippen LogP contribution in [0.4, 0.5) is 8.78 Å². The molecule has 2 aromatic carbocycles. The Bertz CT molecular complexity index is 943. The monoisotopic (exact) mass is 386 g/mol. The summed E-state index contributed by atoms with van der Waals surface area (Å²) in [5.74, 6) is 0.320. The van der Waals surface area contributed by atoms with Gasteiger partial charge in [0.2, 0.25) is 5.88 Å². The fraction of sp³-hybridized carbons (Fsp3) is 0.238. The van der Waals surface area contributed by atoms with Gasteiger partial charge in [-0.2, -0.15) is 4.98 Å². The van der Waals surface area contributed by atoms with E-state index < -0.39 is 11.6 Å². The molecule has 0 N–H and O–H groups in total. The highest BCUT2D eigenvalue weighted by atomic mass is 32.2. The second-order valence-electron chi connectivity index (χ2n) is 6.28. The predicted molar refractivity (Wildman–Crippen MR) is 103 cm³/mol. The molecule has 0 radical (unpaired) electrons. The van der Waals surface area contributed by atoms with Gasteiger partial charge in [0.1, 0.15) is 17.4 Å². The van der Waals surface area contributed by atoms with Gasteiger partial charge in [-0.1, -0.05) is 30.8 Å². The van der Waals surface area contributed by atoms with Gasteiger partial charge in [-0.25, -0.2) is 13.8 Å². The maximum Gasteiger partial charge on any atom is 0.223 e. The van der Waals surface area contributed by atoms with Crippen LogP contribution in [0.15, 0.2) is 47.6 Å². The van der Waals surface area contributed by atoms with Gasteiger partial charge in [0.05, 0.1) is 0 Å². The Kier molecular flexibility index (Phi) is 6.06. The molecule has 1 aromatic heterocycles. The zero-order valence-electron chi connectivity index (χ0n) is 15.4. The van der Waals surface area contributed by atoms with Crippen molar-refractivity contribution in [3.8, 4) is 11.6 Å². The lowest BCUT2D eigenvalue weighted by Crippen LogP contribution is -1.98. The fourth-order valence-corrected chi connectivity index (χ4v) is 3.50. The van der Waals surface area contributed by atoms with Crippen molar-refractivity contribution in [3.05, 3.63) is 76.5 Å². The third-order valence-electron chi connectivity index (χ3n) is 3.89. The Morgan fingerprint density at radius 1 is 0.963 bits per heavy atom. The predicted octanol–water partition coefficient (Wildman–Crippen LogP) is 6.02. The van der Waals surface area contributed by atoms with E-state index in [-0.39, 0.29) is 0 Å². The normalized spacial score (nSPS) is 10.9. The second kappa shape index (κ2) is 8.48. The van der Waals surface area contributed by atoms with E-state index in [9.17, 15) is 8.78 Å². The SMILES string of the molecule is CCc1cc(Oc2cc(C)cc(C)c2)nc(SCc2ccc(F)cc2F)n1. The Hall–Kier alpha value is -2.47. The summed E-state index contributed by atoms with van der Waals surface area (Å²) in [6, 6.07) is 11.3. The first-order valence-corrected chi connectivity index (χ1v) is 9.62. The zero-order chi connectivity index (χ0) is 19.4. The first-order valence-electron chi connectivity index (χ1n) is 8.64. The molecular formula is C21H20F2N2OS. The van der Waals surface area contributed by atoms with Gasteiger partial charge in [-0.05, 0) is 55.2 Å². The molecule has 27 heavy (non-hydrogen) atoms. The Morgan fingerprint density at radius 2 is 1.70 bits per heavy atom. The highest BCUT2D eigenvalue weighted by Gasteiger charge is 2.10. The molecule has 0 spiro atoms. The van der Waals surface area contributed by atoms with Crippen molar-refractivity contribution >= 4 is 11.8 Å². The lowest BCUT2D eigenvalue weighted by Gasteiger charge is -2.10. The number of rotatable bonds is 6. The summed E-state index contributed by atoms with van der Waals surface area (Å²) in [5, 5.41) is 0.498. The lowest BCUT2D eigenvalue weighted by atomic mass is 10.1. The molecule has 0 bridgehead atoms. The van der Waals surface area contributed by atoms with E-state index in [0.29, 0.717) is 28.1 Å². The van der Waals surface area contributed by atoms with Crippen LogP contribution in [-0.2, 0) is 12.2 Å². The van der Waals surface area contributed by atoms with Crippen molar-refractivity contribution in [1.29, 1.82) is 0 Å². The summed E-state index contributed by atoms with van der Waals surface area (Å²) in [6.45, 7) is 6.02. The van der Waals surface area contributed by atoms with E-state index in [4.69, 9.17) is 4.74 Å². The summed E-state index contributed by atoms with van der Waals surface area (Å²) < 4.78 is 32.8. The number of thioether (sulfide) groups is 1. The number of nitrogens with zero attached hydrogens (tertiary/aromatic N) is 2. The van der Waals surface area contributed by atoms with Gasteiger partial charge < -0.3 is 4.74 Å². The minimum Gasteiger partial charge on any atom is -0.439 e. The number of ether oxygens (including phenoxy) is 1. The van der Waals surface area contributed by atoms with Crippen LogP contribution < -0.4 is 4.74 Å². The van der Waals surface area contributed by atoms with E-state index >= 15 is 0 Å². The number of benzene rings is 2. The van der Waals surface area contributed by atoms with Gasteiger partial charge in [0, 0.05) is 23.6 Å². The average Bonchev–Trinajstić information content (AvgIpc) is 2.60. The summed E-state index contributed by atoms with van der Waals surface area (Å²) in [6.07, 6.45) is 0.726. The molecule has 1 heterocycles. The molecule has 3 aromatic rings. The van der Waals surface area contributed by atoms with Crippen LogP contribution in [0.2, 0.25) is 0 Å². The minimum absolute atomic E-state index is 0.308. The molecule has 0 aliphatic heterocycles. The van der Waals surface area contributed by atoms with Gasteiger partial charge in [0.25, 0.3) is 0 Å². The van der Waals surface area contributed by atoms with E-state index in [1.165, 1.54) is 23.9 Å². The molecule has 0 saturated carbocycles. The largest absolute Gasteiger partial charge is 0.439 e. The quantitative estimate of drug-likeness (QED) is 0.383. The van der Waals surface area contributed by atoms with E-state index in [0.717, 1.165) is 29.3 Å². The minimum atomic E-state index is -0.588. The standard InChI is InChI=1S/C21H20F2N2OS/c1-4-17-11-20(26-18-8-13(2)7-14(3)9-18)25-21(24-17)27-12-15-5-6-16(22)10-19(15)23/h5-11H,4,12H2,1-3H3. The van der Waals surface area contributed by atoms with Crippen LogP contribution in [0.1, 0.15) is 29.3 Å². The van der Waals surface area contributed by atoms with E-state index in [1.807, 2.05) is 32.9 Å². The molecule has 140 valence electrons. The summed E-state index contributed by atoms with van der Waals surface area (Å²) in [5.41, 5.74) is 3.46. The number of halogens is 2. The van der Waals surface area contributed by atoms with Crippen molar-refractivity contribution in [3.63, 3.8) is 0 Å². The molecule has 0 aliphatic carbocycles. The highest BCUT2D eigenvalue weighted by Crippen LogP contribution is 2.27. The first-order chi connectivity index (χ1) is 12.9. The molecule has 3 nitrogen and oxygen atoms in total. The van der Waals surface area contributed by atoms with E-state index in [1.54, 1.807) is 6.07 Å². The van der Waals surface area contributed by atoms with E-state index in [2.05, 4.69) is 16.0 Å². The number of aromatic nitrogens is 2. The molecular weight excluding hydrogens is 366 g/mol. The average molecular weight is 386 g/mol. The lowest BCUT2D eigenvalue weighted by molar-refractivity contribution is 0.453. The Morgan fingerprint density at radius 3 is 2.37 bits per heavy atom. The molecule has 0 fully saturated rings. The number of aryl methyl sites for hydroxylation is 3. The Labute approximate surface area is 161 Å². The van der Waals surface area contributed by atoms with Crippen LogP contribution in [-0.4, -0.2) is 9.97 Å². The number of hydrogen-bond acceptors (Lipinski definition) is 4. The van der Waals surface area contributed by atoms with Crippen molar-refractivity contribution in [1.82, 2.24) is 9.97 Å². The second-order valence-corrected chi connectivity index (χ2v) is 7.23. The zero-order valence-corrected chi connectivity index (χ0v) is 16.2. The van der Waals surface area contributed by atoms with Crippen LogP contribution in [0, 0.1) is 25.5 Å².